The lowest BCUT2D eigenvalue weighted by molar-refractivity contribution is 0.249. The number of nitrogens with zero attached hydrogens (tertiary/aromatic N) is 1. The van der Waals surface area contributed by atoms with Crippen molar-refractivity contribution in [1.82, 2.24) is 0 Å². The fourth-order valence-electron chi connectivity index (χ4n) is 1.96. The molecule has 0 unspecified atom stereocenters. The second-order valence-electron chi connectivity index (χ2n) is 4.36. The number of ether oxygens (including phenoxy) is 2. The van der Waals surface area contributed by atoms with Crippen molar-refractivity contribution < 1.29 is 19.0 Å². The van der Waals surface area contributed by atoms with Gasteiger partial charge in [-0.15, -0.1) is 0 Å². The Hall–Kier alpha value is -2.58. The summed E-state index contributed by atoms with van der Waals surface area (Å²) >= 11 is 0. The van der Waals surface area contributed by atoms with Crippen LogP contribution in [0.1, 0.15) is 16.7 Å². The number of methoxy groups -OCH3 is 1. The number of hydrogen-bond donors (Lipinski definition) is 1. The third-order valence-electron chi connectivity index (χ3n) is 2.92. The van der Waals surface area contributed by atoms with E-state index in [-0.39, 0.29) is 18.8 Å². The summed E-state index contributed by atoms with van der Waals surface area (Å²) in [5, 5.41) is 18.1. The molecule has 0 aliphatic heterocycles. The molecule has 0 atom stereocenters. The molecule has 108 valence electrons. The SMILES string of the molecule is COc1cccc(CO)c1OCc1cc(F)cc(C#N)c1. The van der Waals surface area contributed by atoms with Crippen LogP contribution in [0.25, 0.3) is 0 Å². The van der Waals surface area contributed by atoms with E-state index in [9.17, 15) is 9.50 Å². The molecular weight excluding hydrogens is 273 g/mol. The van der Waals surface area contributed by atoms with E-state index in [1.165, 1.54) is 13.2 Å². The minimum absolute atomic E-state index is 0.0693. The number of benzene rings is 2. The minimum Gasteiger partial charge on any atom is -0.493 e. The van der Waals surface area contributed by atoms with E-state index < -0.39 is 5.82 Å². The molecule has 0 saturated carbocycles. The molecule has 0 radical (unpaired) electrons. The van der Waals surface area contributed by atoms with Gasteiger partial charge in [0.2, 0.25) is 0 Å². The van der Waals surface area contributed by atoms with Gasteiger partial charge in [-0.2, -0.15) is 5.26 Å². The predicted molar refractivity (Wildman–Crippen MR) is 74.4 cm³/mol. The van der Waals surface area contributed by atoms with Crippen molar-refractivity contribution in [3.8, 4) is 17.6 Å². The molecule has 0 saturated heterocycles. The monoisotopic (exact) mass is 287 g/mol. The molecule has 0 aromatic heterocycles. The highest BCUT2D eigenvalue weighted by Gasteiger charge is 2.10. The summed E-state index contributed by atoms with van der Waals surface area (Å²) in [6.45, 7) is -0.126. The van der Waals surface area contributed by atoms with E-state index >= 15 is 0 Å². The van der Waals surface area contributed by atoms with Crippen LogP contribution in [0.3, 0.4) is 0 Å². The molecule has 0 heterocycles. The number of aliphatic hydroxyl groups is 1. The van der Waals surface area contributed by atoms with Crippen molar-refractivity contribution in [2.75, 3.05) is 7.11 Å². The van der Waals surface area contributed by atoms with Gasteiger partial charge in [0, 0.05) is 5.56 Å². The number of hydrogen-bond acceptors (Lipinski definition) is 4. The van der Waals surface area contributed by atoms with Crippen LogP contribution < -0.4 is 9.47 Å². The Morgan fingerprint density at radius 3 is 2.76 bits per heavy atom. The number of para-hydroxylation sites is 1. The standard InChI is InChI=1S/C16H14FNO3/c1-20-15-4-2-3-13(9-19)16(15)21-10-12-5-11(8-18)6-14(17)7-12/h2-7,19H,9-10H2,1H3. The van der Waals surface area contributed by atoms with Crippen molar-refractivity contribution in [2.45, 2.75) is 13.2 Å². The number of halogens is 1. The Balaban J connectivity index is 2.24. The Kier molecular flexibility index (Phi) is 4.75. The third kappa shape index (κ3) is 3.50. The van der Waals surface area contributed by atoms with Crippen LogP contribution in [0.2, 0.25) is 0 Å². The minimum atomic E-state index is -0.491. The summed E-state index contributed by atoms with van der Waals surface area (Å²) in [6, 6.07) is 11.1. The van der Waals surface area contributed by atoms with Crippen molar-refractivity contribution in [1.29, 1.82) is 5.26 Å². The second-order valence-corrected chi connectivity index (χ2v) is 4.36. The lowest BCUT2D eigenvalue weighted by Crippen LogP contribution is -2.02. The van der Waals surface area contributed by atoms with Crippen molar-refractivity contribution in [3.63, 3.8) is 0 Å². The van der Waals surface area contributed by atoms with Gasteiger partial charge in [0.05, 0.1) is 25.3 Å². The largest absolute Gasteiger partial charge is 0.493 e. The third-order valence-corrected chi connectivity index (χ3v) is 2.92. The lowest BCUT2D eigenvalue weighted by atomic mass is 10.1. The lowest BCUT2D eigenvalue weighted by Gasteiger charge is -2.14. The fraction of sp³-hybridized carbons (Fsp3) is 0.188. The zero-order chi connectivity index (χ0) is 15.2. The summed E-state index contributed by atoms with van der Waals surface area (Å²) in [5.41, 5.74) is 1.34. The van der Waals surface area contributed by atoms with Crippen molar-refractivity contribution in [3.05, 3.63) is 58.9 Å². The first-order valence-corrected chi connectivity index (χ1v) is 6.27. The van der Waals surface area contributed by atoms with E-state index in [0.29, 0.717) is 22.6 Å². The maximum atomic E-state index is 13.4. The van der Waals surface area contributed by atoms with Crippen molar-refractivity contribution in [2.24, 2.45) is 0 Å². The molecule has 2 rings (SSSR count). The van der Waals surface area contributed by atoms with Gasteiger partial charge < -0.3 is 14.6 Å². The number of rotatable bonds is 5. The van der Waals surface area contributed by atoms with E-state index in [0.717, 1.165) is 6.07 Å². The molecule has 0 bridgehead atoms. The molecule has 1 N–H and O–H groups in total. The van der Waals surface area contributed by atoms with E-state index in [2.05, 4.69) is 0 Å². The number of nitriles is 1. The molecule has 5 heteroatoms. The summed E-state index contributed by atoms with van der Waals surface area (Å²) in [7, 11) is 1.50. The Morgan fingerprint density at radius 2 is 2.10 bits per heavy atom. The van der Waals surface area contributed by atoms with Crippen LogP contribution in [0.4, 0.5) is 4.39 Å². The maximum Gasteiger partial charge on any atom is 0.167 e. The number of aliphatic hydroxyl groups excluding tert-OH is 1. The second kappa shape index (κ2) is 6.73. The van der Waals surface area contributed by atoms with Gasteiger partial charge >= 0.3 is 0 Å². The Bertz CT molecular complexity index is 657. The quantitative estimate of drug-likeness (QED) is 0.918. The zero-order valence-corrected chi connectivity index (χ0v) is 11.5. The molecule has 2 aromatic carbocycles. The normalized spacial score (nSPS) is 10.0. The molecule has 0 aliphatic rings. The molecule has 21 heavy (non-hydrogen) atoms. The molecule has 0 amide bonds. The van der Waals surface area contributed by atoms with E-state index in [1.54, 1.807) is 24.3 Å². The average molecular weight is 287 g/mol. The first-order chi connectivity index (χ1) is 10.2. The fourth-order valence-corrected chi connectivity index (χ4v) is 1.96. The van der Waals surface area contributed by atoms with Gasteiger partial charge in [0.15, 0.2) is 11.5 Å². The van der Waals surface area contributed by atoms with E-state index in [1.807, 2.05) is 6.07 Å². The van der Waals surface area contributed by atoms with Gasteiger partial charge in [-0.25, -0.2) is 4.39 Å². The summed E-state index contributed by atoms with van der Waals surface area (Å²) in [4.78, 5) is 0. The highest BCUT2D eigenvalue weighted by Crippen LogP contribution is 2.31. The zero-order valence-electron chi connectivity index (χ0n) is 11.5. The highest BCUT2D eigenvalue weighted by molar-refractivity contribution is 5.46. The van der Waals surface area contributed by atoms with E-state index in [4.69, 9.17) is 14.7 Å². The Morgan fingerprint density at radius 1 is 1.29 bits per heavy atom. The summed E-state index contributed by atoms with van der Waals surface area (Å²) in [6.07, 6.45) is 0. The smallest absolute Gasteiger partial charge is 0.167 e. The molecular formula is C16H14FNO3. The average Bonchev–Trinajstić information content (AvgIpc) is 2.51. The maximum absolute atomic E-state index is 13.4. The molecule has 2 aromatic rings. The summed E-state index contributed by atoms with van der Waals surface area (Å²) in [5.74, 6) is 0.402. The summed E-state index contributed by atoms with van der Waals surface area (Å²) < 4.78 is 24.2. The van der Waals surface area contributed by atoms with Crippen LogP contribution in [-0.2, 0) is 13.2 Å². The van der Waals surface area contributed by atoms with Gasteiger partial charge in [0.25, 0.3) is 0 Å². The van der Waals surface area contributed by atoms with Gasteiger partial charge in [-0.3, -0.25) is 0 Å². The topological polar surface area (TPSA) is 62.5 Å². The highest BCUT2D eigenvalue weighted by atomic mass is 19.1. The van der Waals surface area contributed by atoms with Crippen LogP contribution in [0.5, 0.6) is 11.5 Å². The van der Waals surface area contributed by atoms with Crippen LogP contribution in [0, 0.1) is 17.1 Å². The molecule has 0 aliphatic carbocycles. The first-order valence-electron chi connectivity index (χ1n) is 6.27. The van der Waals surface area contributed by atoms with Gasteiger partial charge in [-0.1, -0.05) is 12.1 Å². The van der Waals surface area contributed by atoms with Crippen LogP contribution >= 0.6 is 0 Å². The van der Waals surface area contributed by atoms with Crippen LogP contribution in [-0.4, -0.2) is 12.2 Å². The molecule has 4 nitrogen and oxygen atoms in total. The van der Waals surface area contributed by atoms with Gasteiger partial charge in [0.1, 0.15) is 12.4 Å². The Labute approximate surface area is 122 Å². The predicted octanol–water partition coefficient (Wildman–Crippen LogP) is 2.78. The molecule has 0 fully saturated rings. The first kappa shape index (κ1) is 14.8. The van der Waals surface area contributed by atoms with Crippen molar-refractivity contribution >= 4 is 0 Å². The molecule has 0 spiro atoms. The van der Waals surface area contributed by atoms with Crippen LogP contribution in [0.15, 0.2) is 36.4 Å². The van der Waals surface area contributed by atoms with Gasteiger partial charge in [-0.05, 0) is 29.8 Å².